The predicted octanol–water partition coefficient (Wildman–Crippen LogP) is 5.36. The number of ether oxygens (including phenoxy) is 1. The average molecular weight is 308 g/mol. The molecule has 0 amide bonds. The van der Waals surface area contributed by atoms with Crippen LogP contribution in [0, 0.1) is 0 Å². The number of benzene rings is 1. The van der Waals surface area contributed by atoms with Crippen molar-refractivity contribution in [3.8, 4) is 11.5 Å². The van der Waals surface area contributed by atoms with Crippen molar-refractivity contribution in [2.24, 2.45) is 0 Å². The number of unbranched alkanes of at least 4 members (excludes halogenated alkanes) is 8. The molecule has 3 nitrogen and oxygen atoms in total. The molecule has 0 saturated heterocycles. The summed E-state index contributed by atoms with van der Waals surface area (Å²) >= 11 is 0. The van der Waals surface area contributed by atoms with Crippen molar-refractivity contribution in [2.75, 3.05) is 7.11 Å². The van der Waals surface area contributed by atoms with Gasteiger partial charge in [0.2, 0.25) is 0 Å². The van der Waals surface area contributed by atoms with Gasteiger partial charge < -0.3 is 14.9 Å². The van der Waals surface area contributed by atoms with Gasteiger partial charge in [0.05, 0.1) is 13.2 Å². The lowest BCUT2D eigenvalue weighted by Crippen LogP contribution is -1.98. The van der Waals surface area contributed by atoms with Crippen LogP contribution >= 0.6 is 0 Å². The molecule has 1 atom stereocenters. The van der Waals surface area contributed by atoms with Crippen LogP contribution in [0.4, 0.5) is 0 Å². The number of hydrogen-bond donors (Lipinski definition) is 2. The smallest absolute Gasteiger partial charge is 0.160 e. The number of phenols is 1. The molecule has 3 heteroatoms. The molecule has 1 rings (SSSR count). The van der Waals surface area contributed by atoms with Crippen LogP contribution in [-0.2, 0) is 0 Å². The molecule has 0 saturated carbocycles. The van der Waals surface area contributed by atoms with Gasteiger partial charge in [0.15, 0.2) is 11.5 Å². The normalized spacial score (nSPS) is 12.3. The molecular formula is C19H32O3. The molecule has 0 heterocycles. The Kier molecular flexibility index (Phi) is 9.72. The summed E-state index contributed by atoms with van der Waals surface area (Å²) < 4.78 is 5.01. The third-order valence-electron chi connectivity index (χ3n) is 4.17. The highest BCUT2D eigenvalue weighted by atomic mass is 16.5. The fourth-order valence-electron chi connectivity index (χ4n) is 2.73. The second-order valence-corrected chi connectivity index (χ2v) is 6.06. The Morgan fingerprint density at radius 2 is 1.55 bits per heavy atom. The van der Waals surface area contributed by atoms with Gasteiger partial charge in [0.1, 0.15) is 0 Å². The molecule has 1 unspecified atom stereocenters. The van der Waals surface area contributed by atoms with Gasteiger partial charge in [-0.3, -0.25) is 0 Å². The van der Waals surface area contributed by atoms with E-state index in [1.807, 2.05) is 6.07 Å². The molecule has 1 aromatic carbocycles. The summed E-state index contributed by atoms with van der Waals surface area (Å²) in [4.78, 5) is 0. The second-order valence-electron chi connectivity index (χ2n) is 6.06. The molecule has 0 radical (unpaired) electrons. The van der Waals surface area contributed by atoms with Crippen molar-refractivity contribution >= 4 is 0 Å². The van der Waals surface area contributed by atoms with Crippen LogP contribution < -0.4 is 4.74 Å². The second kappa shape index (κ2) is 11.4. The first-order valence-electron chi connectivity index (χ1n) is 8.74. The first-order chi connectivity index (χ1) is 10.7. The largest absolute Gasteiger partial charge is 0.504 e. The van der Waals surface area contributed by atoms with Crippen molar-refractivity contribution in [3.05, 3.63) is 23.8 Å². The van der Waals surface area contributed by atoms with E-state index in [-0.39, 0.29) is 5.75 Å². The molecule has 22 heavy (non-hydrogen) atoms. The Bertz CT molecular complexity index is 404. The Labute approximate surface area is 135 Å². The van der Waals surface area contributed by atoms with Gasteiger partial charge in [0.25, 0.3) is 0 Å². The Morgan fingerprint density at radius 3 is 2.09 bits per heavy atom. The maximum Gasteiger partial charge on any atom is 0.160 e. The zero-order valence-electron chi connectivity index (χ0n) is 14.2. The highest BCUT2D eigenvalue weighted by molar-refractivity contribution is 5.42. The number of aromatic hydroxyl groups is 1. The van der Waals surface area contributed by atoms with E-state index in [9.17, 15) is 10.2 Å². The average Bonchev–Trinajstić information content (AvgIpc) is 2.53. The quantitative estimate of drug-likeness (QED) is 0.511. The van der Waals surface area contributed by atoms with Gasteiger partial charge >= 0.3 is 0 Å². The van der Waals surface area contributed by atoms with Crippen LogP contribution in [0.2, 0.25) is 0 Å². The summed E-state index contributed by atoms with van der Waals surface area (Å²) in [5.41, 5.74) is 0.762. The summed E-state index contributed by atoms with van der Waals surface area (Å²) in [5, 5.41) is 19.9. The minimum absolute atomic E-state index is 0.0890. The highest BCUT2D eigenvalue weighted by Gasteiger charge is 2.10. The number of aliphatic hydroxyl groups is 1. The highest BCUT2D eigenvalue weighted by Crippen LogP contribution is 2.30. The number of methoxy groups -OCH3 is 1. The molecule has 0 fully saturated rings. The summed E-state index contributed by atoms with van der Waals surface area (Å²) in [5.74, 6) is 0.533. The van der Waals surface area contributed by atoms with E-state index in [0.717, 1.165) is 18.4 Å². The molecule has 126 valence electrons. The maximum atomic E-state index is 10.2. The van der Waals surface area contributed by atoms with Crippen molar-refractivity contribution in [1.29, 1.82) is 0 Å². The van der Waals surface area contributed by atoms with E-state index in [0.29, 0.717) is 5.75 Å². The lowest BCUT2D eigenvalue weighted by molar-refractivity contribution is 0.163. The number of hydrogen-bond acceptors (Lipinski definition) is 3. The SMILES string of the molecule is CCCCCCCCCCCC(O)c1ccc(OC)c(O)c1. The maximum absolute atomic E-state index is 10.2. The third-order valence-corrected chi connectivity index (χ3v) is 4.17. The first-order valence-corrected chi connectivity index (χ1v) is 8.74. The van der Waals surface area contributed by atoms with Crippen LogP contribution in [0.5, 0.6) is 11.5 Å². The van der Waals surface area contributed by atoms with Gasteiger partial charge in [0, 0.05) is 0 Å². The standard InChI is InChI=1S/C19H32O3/c1-3-4-5-6-7-8-9-10-11-12-17(20)16-13-14-19(22-2)18(21)15-16/h13-15,17,20-21H,3-12H2,1-2H3. The molecule has 0 spiro atoms. The topological polar surface area (TPSA) is 49.7 Å². The van der Waals surface area contributed by atoms with Crippen molar-refractivity contribution in [2.45, 2.75) is 77.2 Å². The monoisotopic (exact) mass is 308 g/mol. The lowest BCUT2D eigenvalue weighted by Gasteiger charge is -2.12. The van der Waals surface area contributed by atoms with Crippen molar-refractivity contribution in [1.82, 2.24) is 0 Å². The molecule has 0 aliphatic carbocycles. The molecule has 2 N–H and O–H groups in total. The van der Waals surface area contributed by atoms with E-state index >= 15 is 0 Å². The minimum atomic E-state index is -0.499. The van der Waals surface area contributed by atoms with Crippen molar-refractivity contribution < 1.29 is 14.9 Å². The molecule has 0 bridgehead atoms. The van der Waals surface area contributed by atoms with Gasteiger partial charge in [-0.2, -0.15) is 0 Å². The zero-order valence-corrected chi connectivity index (χ0v) is 14.2. The van der Waals surface area contributed by atoms with Gasteiger partial charge in [-0.25, -0.2) is 0 Å². The molecule has 0 aliphatic rings. The molecule has 0 aromatic heterocycles. The fraction of sp³-hybridized carbons (Fsp3) is 0.684. The summed E-state index contributed by atoms with van der Waals surface area (Å²) in [6.07, 6.45) is 11.8. The van der Waals surface area contributed by atoms with E-state index in [2.05, 4.69) is 6.92 Å². The first kappa shape index (κ1) is 18.8. The van der Waals surface area contributed by atoms with Crippen LogP contribution in [-0.4, -0.2) is 17.3 Å². The van der Waals surface area contributed by atoms with Crippen LogP contribution in [0.25, 0.3) is 0 Å². The fourth-order valence-corrected chi connectivity index (χ4v) is 2.73. The van der Waals surface area contributed by atoms with E-state index in [4.69, 9.17) is 4.74 Å². The Balaban J connectivity index is 2.13. The number of phenolic OH excluding ortho intramolecular Hbond substituents is 1. The van der Waals surface area contributed by atoms with Crippen LogP contribution in [0.3, 0.4) is 0 Å². The zero-order chi connectivity index (χ0) is 16.2. The van der Waals surface area contributed by atoms with Crippen LogP contribution in [0.15, 0.2) is 18.2 Å². The molecular weight excluding hydrogens is 276 g/mol. The van der Waals surface area contributed by atoms with E-state index in [1.54, 1.807) is 12.1 Å². The minimum Gasteiger partial charge on any atom is -0.504 e. The number of aliphatic hydroxyl groups excluding tert-OH is 1. The van der Waals surface area contributed by atoms with E-state index in [1.165, 1.54) is 58.5 Å². The van der Waals surface area contributed by atoms with Gasteiger partial charge in [-0.1, -0.05) is 70.8 Å². The molecule has 0 aliphatic heterocycles. The summed E-state index contributed by atoms with van der Waals surface area (Å²) in [6.45, 7) is 2.24. The third kappa shape index (κ3) is 7.17. The lowest BCUT2D eigenvalue weighted by atomic mass is 10.0. The predicted molar refractivity (Wildman–Crippen MR) is 91.5 cm³/mol. The Hall–Kier alpha value is -1.22. The Morgan fingerprint density at radius 1 is 0.955 bits per heavy atom. The van der Waals surface area contributed by atoms with Crippen molar-refractivity contribution in [3.63, 3.8) is 0 Å². The van der Waals surface area contributed by atoms with Gasteiger partial charge in [-0.05, 0) is 24.1 Å². The van der Waals surface area contributed by atoms with E-state index < -0.39 is 6.10 Å². The summed E-state index contributed by atoms with van der Waals surface area (Å²) in [7, 11) is 1.52. The molecule has 1 aromatic rings. The van der Waals surface area contributed by atoms with Crippen LogP contribution in [0.1, 0.15) is 82.8 Å². The summed E-state index contributed by atoms with van der Waals surface area (Å²) in [6, 6.07) is 5.11. The number of rotatable bonds is 12. The van der Waals surface area contributed by atoms with Gasteiger partial charge in [-0.15, -0.1) is 0 Å².